The summed E-state index contributed by atoms with van der Waals surface area (Å²) in [6, 6.07) is 4.88. The first-order valence-corrected chi connectivity index (χ1v) is 4.97. The molecule has 0 saturated carbocycles. The van der Waals surface area contributed by atoms with Crippen molar-refractivity contribution in [1.29, 1.82) is 0 Å². The monoisotopic (exact) mass is 260 g/mol. The summed E-state index contributed by atoms with van der Waals surface area (Å²) in [6.45, 7) is 0. The van der Waals surface area contributed by atoms with E-state index in [1.54, 1.807) is 0 Å². The summed E-state index contributed by atoms with van der Waals surface area (Å²) in [6.07, 6.45) is -5.10. The number of halogens is 4. The lowest BCUT2D eigenvalue weighted by molar-refractivity contribution is -0.139. The van der Waals surface area contributed by atoms with Crippen molar-refractivity contribution in [3.63, 3.8) is 0 Å². The van der Waals surface area contributed by atoms with Gasteiger partial charge < -0.3 is 9.52 Å². The minimum absolute atomic E-state index is 0.0351. The van der Waals surface area contributed by atoms with Crippen LogP contribution < -0.4 is 0 Å². The van der Waals surface area contributed by atoms with Crippen LogP contribution in [0.5, 0.6) is 0 Å². The third-order valence-corrected chi connectivity index (χ3v) is 2.43. The van der Waals surface area contributed by atoms with Gasteiger partial charge in [-0.2, -0.15) is 13.2 Å². The fourth-order valence-corrected chi connectivity index (χ4v) is 1.61. The predicted molar refractivity (Wildman–Crippen MR) is 54.2 cm³/mol. The molecule has 2 rings (SSSR count). The maximum Gasteiger partial charge on any atom is 0.416 e. The number of benzene rings is 1. The van der Waals surface area contributed by atoms with Crippen LogP contribution in [0.3, 0.4) is 0 Å². The van der Waals surface area contributed by atoms with Crippen LogP contribution in [0.15, 0.2) is 41.0 Å². The van der Waals surface area contributed by atoms with Crippen molar-refractivity contribution in [3.8, 4) is 0 Å². The van der Waals surface area contributed by atoms with E-state index in [0.29, 0.717) is 6.07 Å². The maximum absolute atomic E-state index is 12.9. The lowest BCUT2D eigenvalue weighted by Crippen LogP contribution is -2.13. The van der Waals surface area contributed by atoms with Crippen molar-refractivity contribution in [1.82, 2.24) is 0 Å². The van der Waals surface area contributed by atoms with Gasteiger partial charge in [0, 0.05) is 5.56 Å². The molecule has 0 spiro atoms. The molecule has 0 aliphatic rings. The first-order chi connectivity index (χ1) is 8.39. The number of rotatable bonds is 2. The smallest absolute Gasteiger partial charge is 0.416 e. The summed E-state index contributed by atoms with van der Waals surface area (Å²) in [4.78, 5) is 0. The fraction of sp³-hybridized carbons (Fsp3) is 0.167. The highest BCUT2D eigenvalue weighted by Gasteiger charge is 2.36. The predicted octanol–water partition coefficient (Wildman–Crippen LogP) is 3.52. The van der Waals surface area contributed by atoms with E-state index in [1.807, 2.05) is 0 Å². The normalized spacial score (nSPS) is 13.6. The number of furan rings is 1. The molecule has 1 aromatic carbocycles. The summed E-state index contributed by atoms with van der Waals surface area (Å²) >= 11 is 0. The Labute approximate surface area is 99.5 Å². The topological polar surface area (TPSA) is 33.4 Å². The maximum atomic E-state index is 12.9. The Morgan fingerprint density at radius 2 is 1.89 bits per heavy atom. The molecule has 0 saturated heterocycles. The Bertz CT molecular complexity index is 532. The number of hydrogen-bond acceptors (Lipinski definition) is 2. The van der Waals surface area contributed by atoms with Crippen molar-refractivity contribution in [3.05, 3.63) is 59.3 Å². The van der Waals surface area contributed by atoms with Crippen LogP contribution in [0, 0.1) is 5.82 Å². The minimum atomic E-state index is -4.75. The molecule has 0 bridgehead atoms. The molecule has 1 heterocycles. The summed E-state index contributed by atoms with van der Waals surface area (Å²) in [7, 11) is 0. The lowest BCUT2D eigenvalue weighted by Gasteiger charge is -2.16. The zero-order valence-corrected chi connectivity index (χ0v) is 8.91. The van der Waals surface area contributed by atoms with E-state index in [9.17, 15) is 22.7 Å². The zero-order chi connectivity index (χ0) is 13.3. The number of aliphatic hydroxyl groups is 1. The highest BCUT2D eigenvalue weighted by molar-refractivity contribution is 5.35. The average molecular weight is 260 g/mol. The van der Waals surface area contributed by atoms with E-state index in [2.05, 4.69) is 0 Å². The van der Waals surface area contributed by atoms with Crippen LogP contribution in [-0.2, 0) is 6.18 Å². The van der Waals surface area contributed by atoms with Gasteiger partial charge in [0.25, 0.3) is 0 Å². The summed E-state index contributed by atoms with van der Waals surface area (Å²) in [5, 5.41) is 9.80. The Hall–Kier alpha value is -1.82. The van der Waals surface area contributed by atoms with Gasteiger partial charge in [0.15, 0.2) is 0 Å². The third kappa shape index (κ3) is 2.38. The molecular weight excluding hydrogens is 252 g/mol. The molecule has 0 aliphatic heterocycles. The first-order valence-electron chi connectivity index (χ1n) is 4.97. The molecule has 0 aliphatic carbocycles. The molecular formula is C12H8F4O2. The van der Waals surface area contributed by atoms with Crippen LogP contribution >= 0.6 is 0 Å². The molecule has 0 radical (unpaired) electrons. The van der Waals surface area contributed by atoms with Gasteiger partial charge in [0.05, 0.1) is 11.8 Å². The lowest BCUT2D eigenvalue weighted by atomic mass is 10.00. The molecule has 18 heavy (non-hydrogen) atoms. The van der Waals surface area contributed by atoms with Gasteiger partial charge in [-0.3, -0.25) is 0 Å². The van der Waals surface area contributed by atoms with E-state index in [4.69, 9.17) is 4.42 Å². The van der Waals surface area contributed by atoms with Gasteiger partial charge in [-0.25, -0.2) is 4.39 Å². The van der Waals surface area contributed by atoms with Crippen LogP contribution in [0.1, 0.15) is 23.0 Å². The second-order valence-electron chi connectivity index (χ2n) is 3.65. The highest BCUT2D eigenvalue weighted by Crippen LogP contribution is 2.37. The Morgan fingerprint density at radius 1 is 1.17 bits per heavy atom. The highest BCUT2D eigenvalue weighted by atomic mass is 19.4. The van der Waals surface area contributed by atoms with Crippen LogP contribution in [0.2, 0.25) is 0 Å². The van der Waals surface area contributed by atoms with Gasteiger partial charge in [-0.15, -0.1) is 0 Å². The van der Waals surface area contributed by atoms with Gasteiger partial charge in [-0.1, -0.05) is 6.07 Å². The van der Waals surface area contributed by atoms with Crippen molar-refractivity contribution in [2.75, 3.05) is 0 Å². The minimum Gasteiger partial charge on any atom is -0.466 e. The number of alkyl halides is 3. The molecule has 6 heteroatoms. The number of aliphatic hydroxyl groups excluding tert-OH is 1. The molecule has 2 aromatic rings. The SMILES string of the molecule is OC(c1ccco1)c1ccc(F)cc1C(F)(F)F. The molecule has 1 N–H and O–H groups in total. The largest absolute Gasteiger partial charge is 0.466 e. The fourth-order valence-electron chi connectivity index (χ4n) is 1.61. The molecule has 2 nitrogen and oxygen atoms in total. The van der Waals surface area contributed by atoms with Crippen LogP contribution in [0.25, 0.3) is 0 Å². The second-order valence-corrected chi connectivity index (χ2v) is 3.65. The van der Waals surface area contributed by atoms with Crippen LogP contribution in [-0.4, -0.2) is 5.11 Å². The van der Waals surface area contributed by atoms with E-state index in [1.165, 1.54) is 18.4 Å². The molecule has 0 amide bonds. The van der Waals surface area contributed by atoms with Gasteiger partial charge in [-0.05, 0) is 24.3 Å². The molecule has 1 aromatic heterocycles. The summed E-state index contributed by atoms with van der Waals surface area (Å²) in [5.41, 5.74) is -1.66. The van der Waals surface area contributed by atoms with Crippen molar-refractivity contribution < 1.29 is 27.1 Å². The molecule has 1 unspecified atom stereocenters. The summed E-state index contributed by atoms with van der Waals surface area (Å²) in [5.74, 6) is -1.05. The van der Waals surface area contributed by atoms with Crippen molar-refractivity contribution in [2.24, 2.45) is 0 Å². The van der Waals surface area contributed by atoms with Gasteiger partial charge >= 0.3 is 6.18 Å². The van der Waals surface area contributed by atoms with E-state index >= 15 is 0 Å². The third-order valence-electron chi connectivity index (χ3n) is 2.43. The number of hydrogen-bond donors (Lipinski definition) is 1. The summed E-state index contributed by atoms with van der Waals surface area (Å²) < 4.78 is 55.9. The van der Waals surface area contributed by atoms with Crippen molar-refractivity contribution >= 4 is 0 Å². The molecule has 1 atom stereocenters. The Morgan fingerprint density at radius 3 is 2.44 bits per heavy atom. The standard InChI is InChI=1S/C12H8F4O2/c13-7-3-4-8(9(6-7)12(14,15)16)11(17)10-2-1-5-18-10/h1-6,11,17H. The van der Waals surface area contributed by atoms with Crippen molar-refractivity contribution in [2.45, 2.75) is 12.3 Å². The Balaban J connectivity index is 2.51. The quantitative estimate of drug-likeness (QED) is 0.838. The van der Waals surface area contributed by atoms with Gasteiger partial charge in [0.2, 0.25) is 0 Å². The first kappa shape index (κ1) is 12.6. The Kier molecular flexibility index (Phi) is 3.13. The van der Waals surface area contributed by atoms with E-state index < -0.39 is 29.2 Å². The second kappa shape index (κ2) is 4.45. The van der Waals surface area contributed by atoms with Crippen LogP contribution in [0.4, 0.5) is 17.6 Å². The zero-order valence-electron chi connectivity index (χ0n) is 8.91. The van der Waals surface area contributed by atoms with E-state index in [0.717, 1.165) is 12.1 Å². The van der Waals surface area contributed by atoms with E-state index in [-0.39, 0.29) is 5.76 Å². The molecule has 0 fully saturated rings. The average Bonchev–Trinajstić information content (AvgIpc) is 2.80. The van der Waals surface area contributed by atoms with Gasteiger partial charge in [0.1, 0.15) is 17.7 Å². The molecule has 96 valence electrons.